The molecule has 0 aromatic carbocycles. The Morgan fingerprint density at radius 3 is 2.36 bits per heavy atom. The molecule has 0 saturated carbocycles. The minimum Gasteiger partial charge on any atom is -0.465 e. The highest BCUT2D eigenvalue weighted by Gasteiger charge is 2.26. The number of hydrogen-bond donors (Lipinski definition) is 0. The van der Waals surface area contributed by atoms with Gasteiger partial charge in [0.25, 0.3) is 0 Å². The first-order chi connectivity index (χ1) is 10.7. The van der Waals surface area contributed by atoms with E-state index in [0.717, 1.165) is 36.9 Å². The lowest BCUT2D eigenvalue weighted by Gasteiger charge is -2.42. The molecular formula is C18H31N3O. The third kappa shape index (κ3) is 4.12. The summed E-state index contributed by atoms with van der Waals surface area (Å²) in [6.45, 7) is 10.5. The summed E-state index contributed by atoms with van der Waals surface area (Å²) in [6.07, 6.45) is 4.90. The van der Waals surface area contributed by atoms with Crippen LogP contribution in [0.15, 0.2) is 16.5 Å². The van der Waals surface area contributed by atoms with Gasteiger partial charge < -0.3 is 9.32 Å². The van der Waals surface area contributed by atoms with Crippen LogP contribution >= 0.6 is 0 Å². The predicted octanol–water partition coefficient (Wildman–Crippen LogP) is 2.44. The van der Waals surface area contributed by atoms with Crippen molar-refractivity contribution >= 4 is 0 Å². The zero-order chi connectivity index (χ0) is 15.4. The van der Waals surface area contributed by atoms with E-state index in [1.807, 2.05) is 0 Å². The summed E-state index contributed by atoms with van der Waals surface area (Å²) in [5.41, 5.74) is 0. The van der Waals surface area contributed by atoms with Crippen LogP contribution in [0.1, 0.15) is 37.7 Å². The molecule has 4 heteroatoms. The number of piperazine rings is 1. The second-order valence-electron chi connectivity index (χ2n) is 6.96. The van der Waals surface area contributed by atoms with E-state index in [4.69, 9.17) is 4.42 Å². The number of nitrogens with zero attached hydrogens (tertiary/aromatic N) is 3. The quantitative estimate of drug-likeness (QED) is 0.833. The van der Waals surface area contributed by atoms with Gasteiger partial charge in [-0.15, -0.1) is 0 Å². The molecule has 124 valence electrons. The Kier molecular flexibility index (Phi) is 5.55. The molecule has 0 N–H and O–H groups in total. The Morgan fingerprint density at radius 1 is 1.00 bits per heavy atom. The Hall–Kier alpha value is -0.840. The van der Waals surface area contributed by atoms with Crippen molar-refractivity contribution in [2.75, 3.05) is 46.3 Å². The van der Waals surface area contributed by atoms with E-state index in [1.165, 1.54) is 52.1 Å². The van der Waals surface area contributed by atoms with Gasteiger partial charge in [0, 0.05) is 38.6 Å². The Balaban J connectivity index is 1.43. The van der Waals surface area contributed by atoms with Crippen molar-refractivity contribution in [1.82, 2.24) is 14.7 Å². The van der Waals surface area contributed by atoms with Gasteiger partial charge in [-0.2, -0.15) is 0 Å². The molecule has 0 radical (unpaired) electrons. The molecule has 0 bridgehead atoms. The molecule has 3 rings (SSSR count). The molecule has 0 amide bonds. The Morgan fingerprint density at radius 2 is 1.68 bits per heavy atom. The van der Waals surface area contributed by atoms with Gasteiger partial charge in [-0.05, 0) is 51.5 Å². The first-order valence-electron chi connectivity index (χ1n) is 8.97. The van der Waals surface area contributed by atoms with E-state index in [9.17, 15) is 0 Å². The third-order valence-electron chi connectivity index (χ3n) is 5.20. The number of furan rings is 1. The van der Waals surface area contributed by atoms with Crippen molar-refractivity contribution in [3.63, 3.8) is 0 Å². The van der Waals surface area contributed by atoms with E-state index in [-0.39, 0.29) is 0 Å². The molecule has 2 fully saturated rings. The van der Waals surface area contributed by atoms with Crippen molar-refractivity contribution < 1.29 is 4.42 Å². The topological polar surface area (TPSA) is 22.9 Å². The van der Waals surface area contributed by atoms with Crippen LogP contribution in [0.5, 0.6) is 0 Å². The average molecular weight is 305 g/mol. The first kappa shape index (κ1) is 16.0. The monoisotopic (exact) mass is 305 g/mol. The van der Waals surface area contributed by atoms with Crippen LogP contribution in [0.2, 0.25) is 0 Å². The molecule has 3 heterocycles. The molecule has 2 saturated heterocycles. The maximum Gasteiger partial charge on any atom is 0.118 e. The number of piperidine rings is 1. The Labute approximate surface area is 135 Å². The maximum atomic E-state index is 5.92. The van der Waals surface area contributed by atoms with E-state index in [0.29, 0.717) is 0 Å². The van der Waals surface area contributed by atoms with Gasteiger partial charge in [-0.25, -0.2) is 0 Å². The summed E-state index contributed by atoms with van der Waals surface area (Å²) in [7, 11) is 2.24. The zero-order valence-corrected chi connectivity index (χ0v) is 14.3. The van der Waals surface area contributed by atoms with Gasteiger partial charge in [-0.3, -0.25) is 9.80 Å². The molecule has 0 unspecified atom stereocenters. The summed E-state index contributed by atoms with van der Waals surface area (Å²) in [5.74, 6) is 2.28. The fourth-order valence-electron chi connectivity index (χ4n) is 3.76. The number of rotatable bonds is 5. The van der Waals surface area contributed by atoms with Gasteiger partial charge in [0.15, 0.2) is 0 Å². The molecule has 2 aliphatic heterocycles. The summed E-state index contributed by atoms with van der Waals surface area (Å²) < 4.78 is 5.92. The molecule has 2 aliphatic rings. The lowest BCUT2D eigenvalue weighted by atomic mass is 10.0. The fourth-order valence-corrected chi connectivity index (χ4v) is 3.76. The lowest BCUT2D eigenvalue weighted by Crippen LogP contribution is -2.52. The first-order valence-corrected chi connectivity index (χ1v) is 8.97. The second-order valence-corrected chi connectivity index (χ2v) is 6.96. The zero-order valence-electron chi connectivity index (χ0n) is 14.3. The lowest BCUT2D eigenvalue weighted by molar-refractivity contribution is 0.0591. The highest BCUT2D eigenvalue weighted by atomic mass is 16.3. The summed E-state index contributed by atoms with van der Waals surface area (Å²) >= 11 is 0. The summed E-state index contributed by atoms with van der Waals surface area (Å²) in [6, 6.07) is 5.13. The van der Waals surface area contributed by atoms with E-state index < -0.39 is 0 Å². The van der Waals surface area contributed by atoms with Crippen LogP contribution < -0.4 is 0 Å². The number of likely N-dealkylation sites (tertiary alicyclic amines) is 1. The molecule has 1 aromatic rings. The molecule has 4 nitrogen and oxygen atoms in total. The standard InChI is InChI=1S/C18H31N3O/c1-3-4-17-5-6-18(22-17)15-20-11-13-21(14-12-20)16-7-9-19(2)10-8-16/h5-6,16H,3-4,7-15H2,1-2H3. The highest BCUT2D eigenvalue weighted by molar-refractivity contribution is 5.07. The van der Waals surface area contributed by atoms with Crippen LogP contribution in [0, 0.1) is 0 Å². The molecule has 0 aliphatic carbocycles. The van der Waals surface area contributed by atoms with Crippen molar-refractivity contribution in [2.24, 2.45) is 0 Å². The average Bonchev–Trinajstić information content (AvgIpc) is 2.97. The van der Waals surface area contributed by atoms with E-state index in [1.54, 1.807) is 0 Å². The van der Waals surface area contributed by atoms with Crippen LogP contribution in [0.25, 0.3) is 0 Å². The van der Waals surface area contributed by atoms with Crippen molar-refractivity contribution in [3.8, 4) is 0 Å². The molecule has 22 heavy (non-hydrogen) atoms. The minimum absolute atomic E-state index is 0.818. The predicted molar refractivity (Wildman–Crippen MR) is 90.1 cm³/mol. The molecule has 0 atom stereocenters. The molecular weight excluding hydrogens is 274 g/mol. The summed E-state index contributed by atoms with van der Waals surface area (Å²) in [5, 5.41) is 0. The second kappa shape index (κ2) is 7.62. The fraction of sp³-hybridized carbons (Fsp3) is 0.778. The van der Waals surface area contributed by atoms with Gasteiger partial charge in [-0.1, -0.05) is 6.92 Å². The van der Waals surface area contributed by atoms with Crippen molar-refractivity contribution in [1.29, 1.82) is 0 Å². The van der Waals surface area contributed by atoms with Crippen molar-refractivity contribution in [2.45, 2.75) is 45.2 Å². The SMILES string of the molecule is CCCc1ccc(CN2CCN(C3CCN(C)CC3)CC2)o1. The van der Waals surface area contributed by atoms with E-state index >= 15 is 0 Å². The smallest absolute Gasteiger partial charge is 0.118 e. The number of hydrogen-bond acceptors (Lipinski definition) is 4. The largest absolute Gasteiger partial charge is 0.465 e. The van der Waals surface area contributed by atoms with Gasteiger partial charge in [0.05, 0.1) is 6.54 Å². The normalized spacial score (nSPS) is 23.2. The summed E-state index contributed by atoms with van der Waals surface area (Å²) in [4.78, 5) is 7.71. The minimum atomic E-state index is 0.818. The maximum absolute atomic E-state index is 5.92. The van der Waals surface area contributed by atoms with Crippen LogP contribution in [0.4, 0.5) is 0 Å². The van der Waals surface area contributed by atoms with Gasteiger partial charge in [0.2, 0.25) is 0 Å². The van der Waals surface area contributed by atoms with Crippen LogP contribution in [-0.2, 0) is 13.0 Å². The highest BCUT2D eigenvalue weighted by Crippen LogP contribution is 2.19. The van der Waals surface area contributed by atoms with Crippen LogP contribution in [0.3, 0.4) is 0 Å². The van der Waals surface area contributed by atoms with Crippen molar-refractivity contribution in [3.05, 3.63) is 23.7 Å². The molecule has 1 aromatic heterocycles. The number of aryl methyl sites for hydroxylation is 1. The molecule has 0 spiro atoms. The Bertz CT molecular complexity index is 443. The van der Waals surface area contributed by atoms with Gasteiger partial charge >= 0.3 is 0 Å². The third-order valence-corrected chi connectivity index (χ3v) is 5.20. The van der Waals surface area contributed by atoms with Crippen LogP contribution in [-0.4, -0.2) is 67.1 Å². The van der Waals surface area contributed by atoms with E-state index in [2.05, 4.69) is 40.8 Å². The van der Waals surface area contributed by atoms with Gasteiger partial charge in [0.1, 0.15) is 11.5 Å².